The number of rotatable bonds is 1. The first-order valence-corrected chi connectivity index (χ1v) is 6.49. The minimum Gasteiger partial charge on any atom is -0.321 e. The van der Waals surface area contributed by atoms with Gasteiger partial charge in [0.15, 0.2) is 29.5 Å². The van der Waals surface area contributed by atoms with E-state index in [1.165, 1.54) is 0 Å². The molecule has 3 rings (SSSR count). The standard InChI is InChI=1S/C14H15F3O2/c1-8-18-14(19-8)4-2-9(3-5-14)10-6-11(15)13(17)12(16)7-10/h6-9H,2-5H2,1H3. The molecule has 1 aliphatic heterocycles. The summed E-state index contributed by atoms with van der Waals surface area (Å²) in [4.78, 5) is 0. The van der Waals surface area contributed by atoms with Crippen LogP contribution in [-0.4, -0.2) is 12.1 Å². The highest BCUT2D eigenvalue weighted by atomic mass is 19.2. The van der Waals surface area contributed by atoms with E-state index < -0.39 is 23.2 Å². The molecule has 1 heterocycles. The van der Waals surface area contributed by atoms with E-state index in [9.17, 15) is 13.2 Å². The monoisotopic (exact) mass is 272 g/mol. The second-order valence-corrected chi connectivity index (χ2v) is 5.29. The molecule has 0 atom stereocenters. The zero-order chi connectivity index (χ0) is 13.6. The highest BCUT2D eigenvalue weighted by Gasteiger charge is 2.47. The zero-order valence-electron chi connectivity index (χ0n) is 10.6. The Morgan fingerprint density at radius 1 is 1.05 bits per heavy atom. The van der Waals surface area contributed by atoms with E-state index >= 15 is 0 Å². The summed E-state index contributed by atoms with van der Waals surface area (Å²) in [6.45, 7) is 1.84. The Morgan fingerprint density at radius 2 is 1.58 bits per heavy atom. The fourth-order valence-corrected chi connectivity index (χ4v) is 3.05. The molecule has 1 aromatic rings. The summed E-state index contributed by atoms with van der Waals surface area (Å²) in [6.07, 6.45) is 2.66. The van der Waals surface area contributed by atoms with Crippen LogP contribution in [0.1, 0.15) is 44.1 Å². The van der Waals surface area contributed by atoms with Gasteiger partial charge < -0.3 is 9.47 Å². The first kappa shape index (κ1) is 12.9. The Balaban J connectivity index is 1.72. The van der Waals surface area contributed by atoms with Crippen LogP contribution >= 0.6 is 0 Å². The fourth-order valence-electron chi connectivity index (χ4n) is 3.05. The predicted octanol–water partition coefficient (Wildman–Crippen LogP) is 3.85. The molecule has 0 aromatic heterocycles. The number of hydrogen-bond acceptors (Lipinski definition) is 2. The second-order valence-electron chi connectivity index (χ2n) is 5.29. The van der Waals surface area contributed by atoms with Crippen molar-refractivity contribution < 1.29 is 22.6 Å². The third kappa shape index (κ3) is 2.25. The van der Waals surface area contributed by atoms with Crippen molar-refractivity contribution in [3.05, 3.63) is 35.1 Å². The molecule has 1 saturated carbocycles. The predicted molar refractivity (Wildman–Crippen MR) is 61.9 cm³/mol. The minimum absolute atomic E-state index is 0.0262. The van der Waals surface area contributed by atoms with E-state index in [0.29, 0.717) is 18.4 Å². The van der Waals surface area contributed by atoms with Crippen molar-refractivity contribution in [1.82, 2.24) is 0 Å². The molecule has 0 N–H and O–H groups in total. The maximum Gasteiger partial charge on any atom is 0.194 e. The molecule has 1 aliphatic carbocycles. The summed E-state index contributed by atoms with van der Waals surface area (Å²) in [7, 11) is 0. The topological polar surface area (TPSA) is 18.5 Å². The van der Waals surface area contributed by atoms with Gasteiger partial charge in [0.25, 0.3) is 0 Å². The molecular formula is C14H15F3O2. The maximum absolute atomic E-state index is 13.2. The molecule has 0 amide bonds. The van der Waals surface area contributed by atoms with E-state index in [4.69, 9.17) is 9.47 Å². The molecule has 0 radical (unpaired) electrons. The van der Waals surface area contributed by atoms with Gasteiger partial charge in [-0.25, -0.2) is 13.2 Å². The quantitative estimate of drug-likeness (QED) is 0.723. The lowest BCUT2D eigenvalue weighted by molar-refractivity contribution is -0.453. The van der Waals surface area contributed by atoms with Crippen molar-refractivity contribution in [2.24, 2.45) is 0 Å². The molecule has 1 aromatic carbocycles. The van der Waals surface area contributed by atoms with Crippen molar-refractivity contribution in [3.8, 4) is 0 Å². The van der Waals surface area contributed by atoms with Gasteiger partial charge in [-0.1, -0.05) is 0 Å². The third-order valence-corrected chi connectivity index (χ3v) is 3.99. The Morgan fingerprint density at radius 3 is 2.05 bits per heavy atom. The summed E-state index contributed by atoms with van der Waals surface area (Å²) in [5.74, 6) is -4.12. The van der Waals surface area contributed by atoms with Gasteiger partial charge in [-0.05, 0) is 43.4 Å². The van der Waals surface area contributed by atoms with Crippen LogP contribution in [0, 0.1) is 17.5 Å². The van der Waals surface area contributed by atoms with Crippen LogP contribution in [0.5, 0.6) is 0 Å². The molecule has 104 valence electrons. The van der Waals surface area contributed by atoms with Gasteiger partial charge in [0.05, 0.1) is 0 Å². The maximum atomic E-state index is 13.2. The zero-order valence-corrected chi connectivity index (χ0v) is 10.6. The Labute approximate surface area is 109 Å². The second kappa shape index (κ2) is 4.49. The van der Waals surface area contributed by atoms with Crippen LogP contribution in [-0.2, 0) is 9.47 Å². The fraction of sp³-hybridized carbons (Fsp3) is 0.571. The Hall–Kier alpha value is -1.07. The van der Waals surface area contributed by atoms with Crippen LogP contribution in [0.25, 0.3) is 0 Å². The largest absolute Gasteiger partial charge is 0.321 e. The molecule has 2 aliphatic rings. The van der Waals surface area contributed by atoms with Crippen molar-refractivity contribution in [2.75, 3.05) is 0 Å². The number of halogens is 3. The van der Waals surface area contributed by atoms with E-state index in [1.54, 1.807) is 0 Å². The van der Waals surface area contributed by atoms with Gasteiger partial charge in [0, 0.05) is 12.8 Å². The molecule has 0 bridgehead atoms. The van der Waals surface area contributed by atoms with Crippen LogP contribution in [0.3, 0.4) is 0 Å². The average Bonchev–Trinajstić information content (AvgIpc) is 2.35. The van der Waals surface area contributed by atoms with Crippen LogP contribution in [0.4, 0.5) is 13.2 Å². The number of ether oxygens (including phenoxy) is 2. The van der Waals surface area contributed by atoms with E-state index in [0.717, 1.165) is 25.0 Å². The molecule has 19 heavy (non-hydrogen) atoms. The van der Waals surface area contributed by atoms with Gasteiger partial charge in [0.2, 0.25) is 0 Å². The normalized spacial score (nSPS) is 34.3. The first-order valence-electron chi connectivity index (χ1n) is 6.49. The van der Waals surface area contributed by atoms with Crippen molar-refractivity contribution in [1.29, 1.82) is 0 Å². The highest BCUT2D eigenvalue weighted by Crippen LogP contribution is 2.46. The minimum atomic E-state index is -1.41. The van der Waals surface area contributed by atoms with Gasteiger partial charge in [-0.2, -0.15) is 0 Å². The van der Waals surface area contributed by atoms with Crippen LogP contribution in [0.15, 0.2) is 12.1 Å². The first-order chi connectivity index (χ1) is 8.99. The molecule has 1 spiro atoms. The Bertz CT molecular complexity index is 464. The highest BCUT2D eigenvalue weighted by molar-refractivity contribution is 5.24. The summed E-state index contributed by atoms with van der Waals surface area (Å²) in [5.41, 5.74) is 0.513. The molecule has 0 unspecified atom stereocenters. The number of benzene rings is 1. The average molecular weight is 272 g/mol. The molecule has 2 nitrogen and oxygen atoms in total. The molecule has 5 heteroatoms. The Kier molecular flexibility index (Phi) is 3.06. The lowest BCUT2D eigenvalue weighted by Gasteiger charge is -2.49. The van der Waals surface area contributed by atoms with Crippen LogP contribution in [0.2, 0.25) is 0 Å². The molecule has 2 fully saturated rings. The van der Waals surface area contributed by atoms with Gasteiger partial charge in [-0.3, -0.25) is 0 Å². The summed E-state index contributed by atoms with van der Waals surface area (Å²) < 4.78 is 50.5. The third-order valence-electron chi connectivity index (χ3n) is 3.99. The van der Waals surface area contributed by atoms with Gasteiger partial charge in [0.1, 0.15) is 0 Å². The van der Waals surface area contributed by atoms with Gasteiger partial charge in [-0.15, -0.1) is 0 Å². The smallest absolute Gasteiger partial charge is 0.194 e. The van der Waals surface area contributed by atoms with Crippen molar-refractivity contribution >= 4 is 0 Å². The van der Waals surface area contributed by atoms with Crippen LogP contribution < -0.4 is 0 Å². The number of hydrogen-bond donors (Lipinski definition) is 0. The van der Waals surface area contributed by atoms with Crippen molar-refractivity contribution in [3.63, 3.8) is 0 Å². The molecule has 1 saturated heterocycles. The van der Waals surface area contributed by atoms with Crippen molar-refractivity contribution in [2.45, 2.75) is 50.6 Å². The summed E-state index contributed by atoms with van der Waals surface area (Å²) in [5, 5.41) is 0. The lowest BCUT2D eigenvalue weighted by atomic mass is 9.80. The van der Waals surface area contributed by atoms with E-state index in [1.807, 2.05) is 6.92 Å². The molecular weight excluding hydrogens is 257 g/mol. The van der Waals surface area contributed by atoms with E-state index in [2.05, 4.69) is 0 Å². The summed E-state index contributed by atoms with van der Waals surface area (Å²) >= 11 is 0. The van der Waals surface area contributed by atoms with Gasteiger partial charge >= 0.3 is 0 Å². The summed E-state index contributed by atoms with van der Waals surface area (Å²) in [6, 6.07) is 2.18. The SMILES string of the molecule is CC1OC2(CCC(c3cc(F)c(F)c(F)c3)CC2)O1. The van der Waals surface area contributed by atoms with E-state index in [-0.39, 0.29) is 12.2 Å². The lowest BCUT2D eigenvalue weighted by Crippen LogP contribution is -2.53.